The fourth-order valence-corrected chi connectivity index (χ4v) is 3.16. The smallest absolute Gasteiger partial charge is 0.131 e. The Morgan fingerprint density at radius 3 is 2.18 bits per heavy atom. The summed E-state index contributed by atoms with van der Waals surface area (Å²) in [4.78, 5) is 9.60. The predicted octanol–water partition coefficient (Wildman–Crippen LogP) is 1.91. The summed E-state index contributed by atoms with van der Waals surface area (Å²) in [5.74, 6) is 1.06. The summed E-state index contributed by atoms with van der Waals surface area (Å²) in [6, 6.07) is 10.6. The molecule has 0 N–H and O–H groups in total. The third-order valence-corrected chi connectivity index (χ3v) is 4.37. The maximum atomic E-state index is 5.50. The molecule has 0 atom stereocenters. The van der Waals surface area contributed by atoms with Crippen LogP contribution in [0, 0.1) is 0 Å². The number of hydrogen-bond acceptors (Lipinski definition) is 5. The van der Waals surface area contributed by atoms with E-state index in [0.717, 1.165) is 63.9 Å². The molecule has 116 valence electrons. The van der Waals surface area contributed by atoms with Crippen molar-refractivity contribution in [3.8, 4) is 0 Å². The van der Waals surface area contributed by atoms with Gasteiger partial charge in [0.1, 0.15) is 5.82 Å². The first kappa shape index (κ1) is 13.8. The summed E-state index contributed by atoms with van der Waals surface area (Å²) >= 11 is 0. The van der Waals surface area contributed by atoms with E-state index in [0.29, 0.717) is 0 Å². The Bertz CT molecular complexity index is 649. The molecule has 0 bridgehead atoms. The van der Waals surface area contributed by atoms with Crippen molar-refractivity contribution < 1.29 is 9.47 Å². The molecule has 2 aliphatic rings. The summed E-state index contributed by atoms with van der Waals surface area (Å²) in [5, 5.41) is 1.22. The molecule has 1 aromatic carbocycles. The maximum Gasteiger partial charge on any atom is 0.131 e. The van der Waals surface area contributed by atoms with Crippen molar-refractivity contribution in [1.29, 1.82) is 0 Å². The van der Waals surface area contributed by atoms with Gasteiger partial charge in [-0.3, -0.25) is 0 Å². The topological polar surface area (TPSA) is 37.8 Å². The normalized spacial score (nSPS) is 19.6. The first-order valence-electron chi connectivity index (χ1n) is 7.97. The van der Waals surface area contributed by atoms with Crippen LogP contribution in [0.1, 0.15) is 0 Å². The van der Waals surface area contributed by atoms with E-state index in [1.165, 1.54) is 11.1 Å². The Morgan fingerprint density at radius 1 is 0.818 bits per heavy atom. The average molecular weight is 299 g/mol. The van der Waals surface area contributed by atoms with E-state index >= 15 is 0 Å². The molecule has 2 saturated heterocycles. The zero-order chi connectivity index (χ0) is 14.8. The highest BCUT2D eigenvalue weighted by atomic mass is 16.5. The highest BCUT2D eigenvalue weighted by Crippen LogP contribution is 2.30. The van der Waals surface area contributed by atoms with Crippen molar-refractivity contribution in [2.45, 2.75) is 0 Å². The second kappa shape index (κ2) is 6.10. The summed E-state index contributed by atoms with van der Waals surface area (Å²) in [7, 11) is 0. The van der Waals surface area contributed by atoms with E-state index in [-0.39, 0.29) is 0 Å². The lowest BCUT2D eigenvalue weighted by Gasteiger charge is -2.32. The number of pyridine rings is 1. The van der Waals surface area contributed by atoms with E-state index < -0.39 is 0 Å². The van der Waals surface area contributed by atoms with Crippen LogP contribution in [0.25, 0.3) is 10.9 Å². The molecule has 2 aliphatic heterocycles. The van der Waals surface area contributed by atoms with E-state index in [9.17, 15) is 0 Å². The largest absolute Gasteiger partial charge is 0.378 e. The highest BCUT2D eigenvalue weighted by molar-refractivity contribution is 5.93. The third kappa shape index (κ3) is 2.62. The number of hydrogen-bond donors (Lipinski definition) is 0. The van der Waals surface area contributed by atoms with E-state index in [2.05, 4.69) is 40.1 Å². The minimum absolute atomic E-state index is 0.779. The molecule has 3 heterocycles. The van der Waals surface area contributed by atoms with Crippen molar-refractivity contribution in [3.63, 3.8) is 0 Å². The Morgan fingerprint density at radius 2 is 1.45 bits per heavy atom. The number of aromatic nitrogens is 1. The second-order valence-electron chi connectivity index (χ2n) is 5.72. The van der Waals surface area contributed by atoms with Gasteiger partial charge in [-0.05, 0) is 6.07 Å². The summed E-state index contributed by atoms with van der Waals surface area (Å²) in [6.07, 6.45) is 0. The lowest BCUT2D eigenvalue weighted by atomic mass is 10.1. The molecule has 2 fully saturated rings. The zero-order valence-corrected chi connectivity index (χ0v) is 12.7. The van der Waals surface area contributed by atoms with Gasteiger partial charge in [0.2, 0.25) is 0 Å². The molecule has 5 heteroatoms. The highest BCUT2D eigenvalue weighted by Gasteiger charge is 2.19. The maximum absolute atomic E-state index is 5.50. The molecule has 4 rings (SSSR count). The van der Waals surface area contributed by atoms with Crippen LogP contribution in [0.5, 0.6) is 0 Å². The average Bonchev–Trinajstić information content (AvgIpc) is 2.62. The number of anilines is 2. The van der Waals surface area contributed by atoms with Gasteiger partial charge in [-0.1, -0.05) is 18.2 Å². The van der Waals surface area contributed by atoms with Gasteiger partial charge in [-0.15, -0.1) is 0 Å². The van der Waals surface area contributed by atoms with Gasteiger partial charge >= 0.3 is 0 Å². The molecule has 0 saturated carbocycles. The zero-order valence-electron chi connectivity index (χ0n) is 12.7. The standard InChI is InChI=1S/C17H21N3O2/c1-2-4-15-14(3-1)16(19-5-9-21-10-6-19)13-17(18-15)20-7-11-22-12-8-20/h1-4,13H,5-12H2. The van der Waals surface area contributed by atoms with Crippen LogP contribution < -0.4 is 9.80 Å². The van der Waals surface area contributed by atoms with Gasteiger partial charge in [-0.25, -0.2) is 4.98 Å². The SMILES string of the molecule is c1ccc2c(N3CCOCC3)cc(N3CCOCC3)nc2c1. The van der Waals surface area contributed by atoms with Gasteiger partial charge in [0.25, 0.3) is 0 Å². The molecule has 0 aliphatic carbocycles. The summed E-state index contributed by atoms with van der Waals surface area (Å²) in [5.41, 5.74) is 2.34. The predicted molar refractivity (Wildman–Crippen MR) is 87.8 cm³/mol. The molecule has 2 aromatic rings. The molecule has 22 heavy (non-hydrogen) atoms. The van der Waals surface area contributed by atoms with Gasteiger partial charge in [-0.2, -0.15) is 0 Å². The first-order valence-corrected chi connectivity index (χ1v) is 7.97. The number of benzene rings is 1. The minimum Gasteiger partial charge on any atom is -0.378 e. The van der Waals surface area contributed by atoms with Gasteiger partial charge < -0.3 is 19.3 Å². The lowest BCUT2D eigenvalue weighted by molar-refractivity contribution is 0.122. The molecular formula is C17H21N3O2. The molecule has 0 unspecified atom stereocenters. The quantitative estimate of drug-likeness (QED) is 0.847. The molecule has 5 nitrogen and oxygen atoms in total. The minimum atomic E-state index is 0.779. The Labute approximate surface area is 130 Å². The van der Waals surface area contributed by atoms with Crippen molar-refractivity contribution in [1.82, 2.24) is 4.98 Å². The van der Waals surface area contributed by atoms with Crippen LogP contribution in [0.2, 0.25) is 0 Å². The Balaban J connectivity index is 1.78. The summed E-state index contributed by atoms with van der Waals surface area (Å²) < 4.78 is 11.0. The summed E-state index contributed by atoms with van der Waals surface area (Å²) in [6.45, 7) is 6.85. The van der Waals surface area contributed by atoms with Crippen LogP contribution >= 0.6 is 0 Å². The Kier molecular flexibility index (Phi) is 3.83. The number of para-hydroxylation sites is 1. The van der Waals surface area contributed by atoms with Crippen molar-refractivity contribution in [2.75, 3.05) is 62.4 Å². The monoisotopic (exact) mass is 299 g/mol. The first-order chi connectivity index (χ1) is 10.9. The Hall–Kier alpha value is -1.85. The van der Waals surface area contributed by atoms with E-state index in [1.807, 2.05) is 0 Å². The molecular weight excluding hydrogens is 278 g/mol. The number of rotatable bonds is 2. The van der Waals surface area contributed by atoms with Crippen LogP contribution in [-0.2, 0) is 9.47 Å². The van der Waals surface area contributed by atoms with Gasteiger partial charge in [0.15, 0.2) is 0 Å². The van der Waals surface area contributed by atoms with Crippen molar-refractivity contribution >= 4 is 22.4 Å². The molecule has 0 radical (unpaired) electrons. The van der Waals surface area contributed by atoms with Crippen LogP contribution in [0.3, 0.4) is 0 Å². The number of ether oxygens (including phenoxy) is 2. The number of nitrogens with zero attached hydrogens (tertiary/aromatic N) is 3. The van der Waals surface area contributed by atoms with Crippen molar-refractivity contribution in [3.05, 3.63) is 30.3 Å². The van der Waals surface area contributed by atoms with Crippen molar-refractivity contribution in [2.24, 2.45) is 0 Å². The fourth-order valence-electron chi connectivity index (χ4n) is 3.16. The molecule has 1 aromatic heterocycles. The number of fused-ring (bicyclic) bond motifs is 1. The van der Waals surface area contributed by atoms with Gasteiger partial charge in [0, 0.05) is 43.3 Å². The van der Waals surface area contributed by atoms with Crippen LogP contribution in [0.4, 0.5) is 11.5 Å². The fraction of sp³-hybridized carbons (Fsp3) is 0.471. The third-order valence-electron chi connectivity index (χ3n) is 4.37. The van der Waals surface area contributed by atoms with Gasteiger partial charge in [0.05, 0.1) is 31.9 Å². The molecule has 0 spiro atoms. The lowest BCUT2D eigenvalue weighted by Crippen LogP contribution is -2.38. The van der Waals surface area contributed by atoms with Crippen LogP contribution in [0.15, 0.2) is 30.3 Å². The van der Waals surface area contributed by atoms with E-state index in [4.69, 9.17) is 14.5 Å². The molecule has 0 amide bonds. The van der Waals surface area contributed by atoms with E-state index in [1.54, 1.807) is 0 Å². The second-order valence-corrected chi connectivity index (χ2v) is 5.72. The number of morpholine rings is 2. The van der Waals surface area contributed by atoms with Crippen LogP contribution in [-0.4, -0.2) is 57.6 Å².